The molecule has 1 fully saturated rings. The Morgan fingerprint density at radius 1 is 1.56 bits per heavy atom. The molecular weight excluding hydrogens is 224 g/mol. The lowest BCUT2D eigenvalue weighted by molar-refractivity contribution is 0.0660. The van der Waals surface area contributed by atoms with Crippen molar-refractivity contribution in [3.8, 4) is 0 Å². The van der Waals surface area contributed by atoms with Crippen molar-refractivity contribution in [2.24, 2.45) is 5.92 Å². The Hall–Kier alpha value is -0.540. The lowest BCUT2D eigenvalue weighted by atomic mass is 9.81. The molecule has 0 spiro atoms. The summed E-state index contributed by atoms with van der Waals surface area (Å²) in [6, 6.07) is 0.307. The third kappa shape index (κ3) is 2.11. The summed E-state index contributed by atoms with van der Waals surface area (Å²) in [5.74, 6) is 0.609. The van der Waals surface area contributed by atoms with E-state index in [2.05, 4.69) is 12.0 Å². The van der Waals surface area contributed by atoms with Crippen LogP contribution in [0.25, 0.3) is 0 Å². The minimum atomic E-state index is -0.185. The monoisotopic (exact) mass is 242 g/mol. The van der Waals surface area contributed by atoms with Gasteiger partial charge in [-0.05, 0) is 32.1 Å². The molecule has 90 valence electrons. The maximum Gasteiger partial charge on any atom is 0.0815 e. The Labute approximate surface area is 101 Å². The van der Waals surface area contributed by atoms with Crippen LogP contribution < -0.4 is 0 Å². The van der Waals surface area contributed by atoms with Gasteiger partial charge in [-0.2, -0.15) is 5.10 Å². The van der Waals surface area contributed by atoms with Crippen LogP contribution in [0, 0.1) is 12.8 Å². The highest BCUT2D eigenvalue weighted by Gasteiger charge is 2.31. The van der Waals surface area contributed by atoms with E-state index in [0.717, 1.165) is 36.4 Å². The summed E-state index contributed by atoms with van der Waals surface area (Å²) < 4.78 is 2.00. The number of hydrogen-bond donors (Lipinski definition) is 1. The fraction of sp³-hybridized carbons (Fsp3) is 0.750. The molecule has 0 amide bonds. The summed E-state index contributed by atoms with van der Waals surface area (Å²) in [4.78, 5) is 0. The van der Waals surface area contributed by atoms with E-state index in [0.29, 0.717) is 12.0 Å². The second kappa shape index (κ2) is 4.76. The average molecular weight is 243 g/mol. The van der Waals surface area contributed by atoms with E-state index in [1.54, 1.807) is 6.20 Å². The van der Waals surface area contributed by atoms with Crippen LogP contribution in [0.4, 0.5) is 0 Å². The molecule has 1 aliphatic carbocycles. The summed E-state index contributed by atoms with van der Waals surface area (Å²) in [5, 5.41) is 14.8. The zero-order valence-corrected chi connectivity index (χ0v) is 10.6. The second-order valence-corrected chi connectivity index (χ2v) is 5.13. The summed E-state index contributed by atoms with van der Waals surface area (Å²) in [6.07, 6.45) is 5.45. The third-order valence-corrected chi connectivity index (χ3v) is 4.12. The Balaban J connectivity index is 2.25. The van der Waals surface area contributed by atoms with Crippen molar-refractivity contribution >= 4 is 11.6 Å². The van der Waals surface area contributed by atoms with Crippen LogP contribution >= 0.6 is 11.6 Å². The SMILES string of the molecule is CCC1CCC(O)CC1n1ncc(Cl)c1C. The van der Waals surface area contributed by atoms with Gasteiger partial charge in [0.1, 0.15) is 0 Å². The van der Waals surface area contributed by atoms with E-state index in [1.807, 2.05) is 11.6 Å². The minimum absolute atomic E-state index is 0.185. The zero-order valence-electron chi connectivity index (χ0n) is 9.86. The Morgan fingerprint density at radius 3 is 2.88 bits per heavy atom. The van der Waals surface area contributed by atoms with Crippen LogP contribution in [0.5, 0.6) is 0 Å². The van der Waals surface area contributed by atoms with Crippen molar-refractivity contribution in [2.45, 2.75) is 51.7 Å². The topological polar surface area (TPSA) is 38.0 Å². The molecule has 0 aliphatic heterocycles. The van der Waals surface area contributed by atoms with E-state index in [1.165, 1.54) is 0 Å². The Bertz CT molecular complexity index is 364. The van der Waals surface area contributed by atoms with Crippen molar-refractivity contribution in [1.29, 1.82) is 0 Å². The third-order valence-electron chi connectivity index (χ3n) is 3.75. The maximum atomic E-state index is 9.78. The van der Waals surface area contributed by atoms with Gasteiger partial charge in [0.15, 0.2) is 0 Å². The first-order valence-electron chi connectivity index (χ1n) is 6.01. The van der Waals surface area contributed by atoms with Crippen LogP contribution in [-0.2, 0) is 0 Å². The van der Waals surface area contributed by atoms with Gasteiger partial charge in [0.25, 0.3) is 0 Å². The van der Waals surface area contributed by atoms with E-state index >= 15 is 0 Å². The van der Waals surface area contributed by atoms with Gasteiger partial charge in [0.2, 0.25) is 0 Å². The number of nitrogens with zero attached hydrogens (tertiary/aromatic N) is 2. The molecule has 3 atom stereocenters. The minimum Gasteiger partial charge on any atom is -0.393 e. The molecule has 3 nitrogen and oxygen atoms in total. The van der Waals surface area contributed by atoms with Gasteiger partial charge in [-0.15, -0.1) is 0 Å². The molecule has 0 saturated heterocycles. The van der Waals surface area contributed by atoms with E-state index in [4.69, 9.17) is 11.6 Å². The first-order valence-corrected chi connectivity index (χ1v) is 6.39. The quantitative estimate of drug-likeness (QED) is 0.866. The first kappa shape index (κ1) is 11.9. The molecule has 1 N–H and O–H groups in total. The van der Waals surface area contributed by atoms with Gasteiger partial charge in [-0.1, -0.05) is 24.9 Å². The molecule has 0 radical (unpaired) electrons. The Morgan fingerprint density at radius 2 is 2.31 bits per heavy atom. The van der Waals surface area contributed by atoms with Crippen molar-refractivity contribution < 1.29 is 5.11 Å². The largest absolute Gasteiger partial charge is 0.393 e. The fourth-order valence-corrected chi connectivity index (χ4v) is 2.83. The number of halogens is 1. The van der Waals surface area contributed by atoms with Gasteiger partial charge in [-0.3, -0.25) is 4.68 Å². The van der Waals surface area contributed by atoms with Crippen LogP contribution in [0.3, 0.4) is 0 Å². The second-order valence-electron chi connectivity index (χ2n) is 4.73. The highest BCUT2D eigenvalue weighted by Crippen LogP contribution is 2.37. The molecule has 1 saturated carbocycles. The molecular formula is C12H19ClN2O. The van der Waals surface area contributed by atoms with Gasteiger partial charge in [0.05, 0.1) is 29.1 Å². The van der Waals surface area contributed by atoms with Gasteiger partial charge >= 0.3 is 0 Å². The van der Waals surface area contributed by atoms with Crippen molar-refractivity contribution in [2.75, 3.05) is 0 Å². The Kier molecular flexibility index (Phi) is 3.55. The number of aliphatic hydroxyl groups is 1. The standard InChI is InChI=1S/C12H19ClN2O/c1-3-9-4-5-10(16)6-12(9)15-8(2)11(13)7-14-15/h7,9-10,12,16H,3-6H2,1-2H3. The van der Waals surface area contributed by atoms with Gasteiger partial charge in [-0.25, -0.2) is 0 Å². The van der Waals surface area contributed by atoms with Crippen LogP contribution in [-0.4, -0.2) is 21.0 Å². The molecule has 3 unspecified atom stereocenters. The number of hydrogen-bond acceptors (Lipinski definition) is 2. The fourth-order valence-electron chi connectivity index (χ4n) is 2.70. The van der Waals surface area contributed by atoms with Crippen molar-refractivity contribution in [3.63, 3.8) is 0 Å². The maximum absolute atomic E-state index is 9.78. The predicted molar refractivity (Wildman–Crippen MR) is 64.6 cm³/mol. The van der Waals surface area contributed by atoms with E-state index < -0.39 is 0 Å². The number of rotatable bonds is 2. The molecule has 2 rings (SSSR count). The highest BCUT2D eigenvalue weighted by atomic mass is 35.5. The zero-order chi connectivity index (χ0) is 11.7. The van der Waals surface area contributed by atoms with Gasteiger partial charge in [0, 0.05) is 0 Å². The van der Waals surface area contributed by atoms with Crippen LogP contribution in [0.2, 0.25) is 5.02 Å². The molecule has 1 aliphatic rings. The van der Waals surface area contributed by atoms with Crippen LogP contribution in [0.15, 0.2) is 6.20 Å². The lowest BCUT2D eigenvalue weighted by Crippen LogP contribution is -2.31. The predicted octanol–water partition coefficient (Wildman–Crippen LogP) is 2.96. The van der Waals surface area contributed by atoms with Crippen LogP contribution in [0.1, 0.15) is 44.3 Å². The number of aliphatic hydroxyl groups excluding tert-OH is 1. The summed E-state index contributed by atoms with van der Waals surface area (Å²) in [6.45, 7) is 4.19. The molecule has 1 aromatic heterocycles. The summed E-state index contributed by atoms with van der Waals surface area (Å²) in [5.41, 5.74) is 1.01. The van der Waals surface area contributed by atoms with Crippen molar-refractivity contribution in [1.82, 2.24) is 9.78 Å². The molecule has 1 heterocycles. The lowest BCUT2D eigenvalue weighted by Gasteiger charge is -2.34. The van der Waals surface area contributed by atoms with Gasteiger partial charge < -0.3 is 5.11 Å². The van der Waals surface area contributed by atoms with E-state index in [-0.39, 0.29) is 6.10 Å². The molecule has 0 bridgehead atoms. The molecule has 4 heteroatoms. The molecule has 1 aromatic rings. The summed E-state index contributed by atoms with van der Waals surface area (Å²) >= 11 is 6.03. The average Bonchev–Trinajstić information content (AvgIpc) is 2.60. The highest BCUT2D eigenvalue weighted by molar-refractivity contribution is 6.31. The van der Waals surface area contributed by atoms with Crippen molar-refractivity contribution in [3.05, 3.63) is 16.9 Å². The normalized spacial score (nSPS) is 30.6. The number of aromatic nitrogens is 2. The molecule has 0 aromatic carbocycles. The smallest absolute Gasteiger partial charge is 0.0815 e. The summed E-state index contributed by atoms with van der Waals surface area (Å²) in [7, 11) is 0. The first-order chi connectivity index (χ1) is 7.63. The molecule has 16 heavy (non-hydrogen) atoms. The van der Waals surface area contributed by atoms with E-state index in [9.17, 15) is 5.11 Å².